The molecule has 0 saturated heterocycles. The van der Waals surface area contributed by atoms with Crippen LogP contribution in [0.5, 0.6) is 0 Å². The average Bonchev–Trinajstić information content (AvgIpc) is 2.09. The Hall–Kier alpha value is -0.300. The Bertz CT molecular complexity index is 151. The molecule has 1 rings (SSSR count). The van der Waals surface area contributed by atoms with Gasteiger partial charge in [0.25, 0.3) is 0 Å². The maximum absolute atomic E-state index is 3.52. The van der Waals surface area contributed by atoms with Crippen LogP contribution in [0.4, 0.5) is 0 Å². The highest BCUT2D eigenvalue weighted by Gasteiger charge is 2.18. The molecule has 0 radical (unpaired) electrons. The molecule has 0 fully saturated rings. The summed E-state index contributed by atoms with van der Waals surface area (Å²) in [6.45, 7) is 9.18. The SMILES string of the molecule is CCC(C)CNCC1C=CC1C. The number of hydrogen-bond acceptors (Lipinski definition) is 1. The summed E-state index contributed by atoms with van der Waals surface area (Å²) in [5, 5.41) is 3.52. The van der Waals surface area contributed by atoms with Gasteiger partial charge >= 0.3 is 0 Å². The van der Waals surface area contributed by atoms with E-state index in [4.69, 9.17) is 0 Å². The Morgan fingerprint density at radius 1 is 1.42 bits per heavy atom. The van der Waals surface area contributed by atoms with Crippen molar-refractivity contribution in [3.8, 4) is 0 Å². The van der Waals surface area contributed by atoms with Crippen LogP contribution in [0.3, 0.4) is 0 Å². The summed E-state index contributed by atoms with van der Waals surface area (Å²) in [5.74, 6) is 2.42. The van der Waals surface area contributed by atoms with Crippen molar-refractivity contribution in [1.29, 1.82) is 0 Å². The van der Waals surface area contributed by atoms with Gasteiger partial charge in [0.2, 0.25) is 0 Å². The topological polar surface area (TPSA) is 12.0 Å². The van der Waals surface area contributed by atoms with Crippen molar-refractivity contribution < 1.29 is 0 Å². The molecule has 1 N–H and O–H groups in total. The monoisotopic (exact) mass is 167 g/mol. The summed E-state index contributed by atoms with van der Waals surface area (Å²) in [6.07, 6.45) is 5.88. The Morgan fingerprint density at radius 2 is 2.17 bits per heavy atom. The average molecular weight is 167 g/mol. The molecule has 0 aromatic heterocycles. The van der Waals surface area contributed by atoms with Crippen LogP contribution in [0.2, 0.25) is 0 Å². The van der Waals surface area contributed by atoms with Crippen LogP contribution < -0.4 is 5.32 Å². The molecule has 1 nitrogen and oxygen atoms in total. The Labute approximate surface area is 76.2 Å². The van der Waals surface area contributed by atoms with E-state index in [9.17, 15) is 0 Å². The molecular weight excluding hydrogens is 146 g/mol. The lowest BCUT2D eigenvalue weighted by Gasteiger charge is -2.26. The second-order valence-corrected chi connectivity index (χ2v) is 4.08. The first kappa shape index (κ1) is 9.79. The molecular formula is C11H21N. The number of nitrogens with one attached hydrogen (secondary N) is 1. The van der Waals surface area contributed by atoms with Crippen molar-refractivity contribution in [2.24, 2.45) is 17.8 Å². The molecule has 0 saturated carbocycles. The second kappa shape index (κ2) is 4.66. The molecule has 0 aliphatic heterocycles. The lowest BCUT2D eigenvalue weighted by Crippen LogP contribution is -2.31. The summed E-state index contributed by atoms with van der Waals surface area (Å²) in [7, 11) is 0. The minimum absolute atomic E-state index is 0.800. The van der Waals surface area contributed by atoms with E-state index in [0.717, 1.165) is 17.8 Å². The predicted octanol–water partition coefficient (Wildman–Crippen LogP) is 2.44. The number of hydrogen-bond donors (Lipinski definition) is 1. The van der Waals surface area contributed by atoms with Crippen LogP contribution in [0.15, 0.2) is 12.2 Å². The van der Waals surface area contributed by atoms with Gasteiger partial charge in [0.15, 0.2) is 0 Å². The molecule has 70 valence electrons. The van der Waals surface area contributed by atoms with E-state index in [1.165, 1.54) is 19.5 Å². The molecule has 0 heterocycles. The van der Waals surface area contributed by atoms with E-state index < -0.39 is 0 Å². The first-order valence-corrected chi connectivity index (χ1v) is 5.13. The minimum atomic E-state index is 0.800. The Morgan fingerprint density at radius 3 is 2.58 bits per heavy atom. The smallest absolute Gasteiger partial charge is 0.00198 e. The third-order valence-corrected chi connectivity index (χ3v) is 2.91. The fourth-order valence-corrected chi connectivity index (χ4v) is 1.39. The summed E-state index contributed by atoms with van der Waals surface area (Å²) in [4.78, 5) is 0. The molecule has 1 heteroatoms. The zero-order valence-electron chi connectivity index (χ0n) is 8.51. The van der Waals surface area contributed by atoms with Gasteiger partial charge in [0, 0.05) is 6.54 Å². The summed E-state index contributed by atoms with van der Waals surface area (Å²) in [5.41, 5.74) is 0. The van der Waals surface area contributed by atoms with Gasteiger partial charge in [-0.2, -0.15) is 0 Å². The first-order valence-electron chi connectivity index (χ1n) is 5.13. The lowest BCUT2D eigenvalue weighted by atomic mass is 9.84. The third-order valence-electron chi connectivity index (χ3n) is 2.91. The van der Waals surface area contributed by atoms with Crippen LogP contribution in [0.1, 0.15) is 27.2 Å². The number of allylic oxidation sites excluding steroid dienone is 1. The van der Waals surface area contributed by atoms with Crippen LogP contribution in [-0.4, -0.2) is 13.1 Å². The van der Waals surface area contributed by atoms with Crippen LogP contribution >= 0.6 is 0 Å². The fraction of sp³-hybridized carbons (Fsp3) is 0.818. The highest BCUT2D eigenvalue weighted by molar-refractivity contribution is 5.07. The van der Waals surface area contributed by atoms with Gasteiger partial charge in [-0.1, -0.05) is 39.3 Å². The van der Waals surface area contributed by atoms with E-state index >= 15 is 0 Å². The van der Waals surface area contributed by atoms with E-state index in [1.807, 2.05) is 0 Å². The molecule has 1 aliphatic carbocycles. The van der Waals surface area contributed by atoms with Gasteiger partial charge in [-0.25, -0.2) is 0 Å². The Balaban J connectivity index is 1.99. The van der Waals surface area contributed by atoms with Crippen LogP contribution in [0, 0.1) is 17.8 Å². The molecule has 3 atom stereocenters. The summed E-state index contributed by atoms with van der Waals surface area (Å²) < 4.78 is 0. The number of rotatable bonds is 5. The molecule has 0 amide bonds. The molecule has 0 spiro atoms. The zero-order chi connectivity index (χ0) is 8.97. The zero-order valence-corrected chi connectivity index (χ0v) is 8.51. The van der Waals surface area contributed by atoms with Gasteiger partial charge in [0.05, 0.1) is 0 Å². The van der Waals surface area contributed by atoms with E-state index in [1.54, 1.807) is 0 Å². The van der Waals surface area contributed by atoms with E-state index in [-0.39, 0.29) is 0 Å². The van der Waals surface area contributed by atoms with Gasteiger partial charge in [-0.15, -0.1) is 0 Å². The molecule has 0 aromatic rings. The van der Waals surface area contributed by atoms with Gasteiger partial charge in [-0.3, -0.25) is 0 Å². The van der Waals surface area contributed by atoms with Crippen molar-refractivity contribution >= 4 is 0 Å². The van der Waals surface area contributed by atoms with Gasteiger partial charge in [0.1, 0.15) is 0 Å². The fourth-order valence-electron chi connectivity index (χ4n) is 1.39. The largest absolute Gasteiger partial charge is 0.316 e. The second-order valence-electron chi connectivity index (χ2n) is 4.08. The predicted molar refractivity (Wildman–Crippen MR) is 54.1 cm³/mol. The van der Waals surface area contributed by atoms with Crippen LogP contribution in [-0.2, 0) is 0 Å². The standard InChI is InChI=1S/C11H21N/c1-4-9(2)7-12-8-11-6-5-10(11)3/h5-6,9-12H,4,7-8H2,1-3H3. The van der Waals surface area contributed by atoms with Crippen molar-refractivity contribution in [1.82, 2.24) is 5.32 Å². The van der Waals surface area contributed by atoms with Crippen molar-refractivity contribution in [3.05, 3.63) is 12.2 Å². The molecule has 1 aliphatic rings. The summed E-state index contributed by atoms with van der Waals surface area (Å²) in [6, 6.07) is 0. The quantitative estimate of drug-likeness (QED) is 0.620. The molecule has 12 heavy (non-hydrogen) atoms. The third kappa shape index (κ3) is 2.63. The maximum atomic E-state index is 3.52. The lowest BCUT2D eigenvalue weighted by molar-refractivity contribution is 0.402. The normalized spacial score (nSPS) is 29.9. The Kier molecular flexibility index (Phi) is 3.80. The van der Waals surface area contributed by atoms with Crippen LogP contribution in [0.25, 0.3) is 0 Å². The van der Waals surface area contributed by atoms with Crippen molar-refractivity contribution in [2.75, 3.05) is 13.1 Å². The van der Waals surface area contributed by atoms with Crippen molar-refractivity contribution in [3.63, 3.8) is 0 Å². The van der Waals surface area contributed by atoms with Gasteiger partial charge < -0.3 is 5.32 Å². The van der Waals surface area contributed by atoms with E-state index in [0.29, 0.717) is 0 Å². The van der Waals surface area contributed by atoms with Crippen molar-refractivity contribution in [2.45, 2.75) is 27.2 Å². The maximum Gasteiger partial charge on any atom is 0.00198 e. The van der Waals surface area contributed by atoms with E-state index in [2.05, 4.69) is 38.2 Å². The molecule has 0 bridgehead atoms. The first-order chi connectivity index (χ1) is 5.74. The van der Waals surface area contributed by atoms with Gasteiger partial charge in [-0.05, 0) is 24.3 Å². The molecule has 0 aromatic carbocycles. The summed E-state index contributed by atoms with van der Waals surface area (Å²) >= 11 is 0. The molecule has 3 unspecified atom stereocenters. The highest BCUT2D eigenvalue weighted by Crippen LogP contribution is 2.23. The highest BCUT2D eigenvalue weighted by atomic mass is 14.9. The minimum Gasteiger partial charge on any atom is -0.316 e.